The molecule has 0 bridgehead atoms. The van der Waals surface area contributed by atoms with Crippen molar-refractivity contribution in [1.29, 1.82) is 0 Å². The first kappa shape index (κ1) is 16.3. The average molecular weight is 281 g/mol. The first-order valence-corrected chi connectivity index (χ1v) is 9.19. The van der Waals surface area contributed by atoms with Gasteiger partial charge in [-0.1, -0.05) is 40.0 Å². The van der Waals surface area contributed by atoms with Crippen LogP contribution in [0, 0.1) is 11.8 Å². The molecular weight excluding hydrogens is 244 g/mol. The van der Waals surface area contributed by atoms with Gasteiger partial charge in [-0.2, -0.15) is 0 Å². The Balaban J connectivity index is 1.96. The summed E-state index contributed by atoms with van der Waals surface area (Å²) in [5, 5.41) is 3.78. The molecule has 1 saturated carbocycles. The van der Waals surface area contributed by atoms with Crippen LogP contribution in [0.3, 0.4) is 0 Å². The van der Waals surface area contributed by atoms with E-state index < -0.39 is 0 Å². The Morgan fingerprint density at radius 1 is 0.950 bits per heavy atom. The third kappa shape index (κ3) is 4.46. The second-order valence-corrected chi connectivity index (χ2v) is 7.34. The number of likely N-dealkylation sites (N-methyl/N-ethyl adjacent to an activating group) is 1. The molecule has 1 aliphatic carbocycles. The van der Waals surface area contributed by atoms with Crippen molar-refractivity contribution in [3.05, 3.63) is 0 Å². The lowest BCUT2D eigenvalue weighted by Crippen LogP contribution is -2.50. The van der Waals surface area contributed by atoms with Gasteiger partial charge in [-0.15, -0.1) is 0 Å². The highest BCUT2D eigenvalue weighted by Crippen LogP contribution is 2.29. The summed E-state index contributed by atoms with van der Waals surface area (Å²) in [5.74, 6) is 1.83. The molecule has 1 N–H and O–H groups in total. The van der Waals surface area contributed by atoms with Crippen LogP contribution in [0.5, 0.6) is 0 Å². The first-order valence-electron chi connectivity index (χ1n) is 9.19. The van der Waals surface area contributed by atoms with Crippen molar-refractivity contribution < 1.29 is 0 Å². The van der Waals surface area contributed by atoms with Crippen molar-refractivity contribution in [3.63, 3.8) is 0 Å². The van der Waals surface area contributed by atoms with Crippen LogP contribution >= 0.6 is 0 Å². The molecule has 1 saturated heterocycles. The van der Waals surface area contributed by atoms with Gasteiger partial charge in [0.1, 0.15) is 0 Å². The fourth-order valence-corrected chi connectivity index (χ4v) is 4.37. The summed E-state index contributed by atoms with van der Waals surface area (Å²) in [6.45, 7) is 10.9. The van der Waals surface area contributed by atoms with Crippen LogP contribution < -0.4 is 5.32 Å². The minimum Gasteiger partial charge on any atom is -0.313 e. The Kier molecular flexibility index (Phi) is 6.83. The number of nitrogens with one attached hydrogen (secondary N) is 1. The molecule has 20 heavy (non-hydrogen) atoms. The SMILES string of the molecule is CCNC1CCCCCC1N1CCCC(C(C)C)CC1. The van der Waals surface area contributed by atoms with E-state index in [-0.39, 0.29) is 0 Å². The molecule has 0 amide bonds. The van der Waals surface area contributed by atoms with Crippen molar-refractivity contribution in [2.24, 2.45) is 11.8 Å². The maximum Gasteiger partial charge on any atom is 0.0249 e. The van der Waals surface area contributed by atoms with E-state index in [1.807, 2.05) is 0 Å². The Morgan fingerprint density at radius 3 is 2.50 bits per heavy atom. The molecule has 0 aromatic rings. The molecule has 2 rings (SSSR count). The number of nitrogens with zero attached hydrogens (tertiary/aromatic N) is 1. The summed E-state index contributed by atoms with van der Waals surface area (Å²) in [6, 6.07) is 1.56. The average Bonchev–Trinajstić information content (AvgIpc) is 2.79. The molecule has 2 heteroatoms. The van der Waals surface area contributed by atoms with Crippen molar-refractivity contribution in [2.75, 3.05) is 19.6 Å². The van der Waals surface area contributed by atoms with Crippen molar-refractivity contribution >= 4 is 0 Å². The molecule has 2 fully saturated rings. The van der Waals surface area contributed by atoms with E-state index in [9.17, 15) is 0 Å². The van der Waals surface area contributed by atoms with Gasteiger partial charge in [0.2, 0.25) is 0 Å². The zero-order valence-corrected chi connectivity index (χ0v) is 14.0. The highest BCUT2D eigenvalue weighted by atomic mass is 15.2. The molecule has 3 atom stereocenters. The van der Waals surface area contributed by atoms with Gasteiger partial charge in [-0.05, 0) is 63.6 Å². The standard InChI is InChI=1S/C18H36N2/c1-4-19-17-10-6-5-7-11-18(17)20-13-8-9-16(12-14-20)15(2)3/h15-19H,4-14H2,1-3H3. The predicted molar refractivity (Wildman–Crippen MR) is 88.1 cm³/mol. The van der Waals surface area contributed by atoms with E-state index in [1.54, 1.807) is 0 Å². The van der Waals surface area contributed by atoms with Gasteiger partial charge in [0, 0.05) is 12.1 Å². The van der Waals surface area contributed by atoms with E-state index in [0.717, 1.165) is 30.5 Å². The third-order valence-corrected chi connectivity index (χ3v) is 5.66. The molecular formula is C18H36N2. The molecule has 2 nitrogen and oxygen atoms in total. The van der Waals surface area contributed by atoms with Gasteiger partial charge in [0.15, 0.2) is 0 Å². The van der Waals surface area contributed by atoms with Crippen LogP contribution in [0.15, 0.2) is 0 Å². The van der Waals surface area contributed by atoms with Crippen molar-refractivity contribution in [1.82, 2.24) is 10.2 Å². The lowest BCUT2D eigenvalue weighted by molar-refractivity contribution is 0.150. The minimum atomic E-state index is 0.748. The zero-order valence-electron chi connectivity index (χ0n) is 14.0. The molecule has 0 aromatic carbocycles. The Hall–Kier alpha value is -0.0800. The highest BCUT2D eigenvalue weighted by molar-refractivity contribution is 4.88. The smallest absolute Gasteiger partial charge is 0.0249 e. The van der Waals surface area contributed by atoms with Crippen LogP contribution in [-0.4, -0.2) is 36.6 Å². The number of hydrogen-bond donors (Lipinski definition) is 1. The largest absolute Gasteiger partial charge is 0.313 e. The lowest BCUT2D eigenvalue weighted by Gasteiger charge is -2.36. The van der Waals surface area contributed by atoms with Gasteiger partial charge in [0.25, 0.3) is 0 Å². The first-order chi connectivity index (χ1) is 9.72. The van der Waals surface area contributed by atoms with E-state index in [4.69, 9.17) is 0 Å². The Morgan fingerprint density at radius 2 is 1.75 bits per heavy atom. The van der Waals surface area contributed by atoms with Crippen LogP contribution in [-0.2, 0) is 0 Å². The normalized spacial score (nSPS) is 33.9. The summed E-state index contributed by atoms with van der Waals surface area (Å²) in [6.07, 6.45) is 11.4. The van der Waals surface area contributed by atoms with Crippen LogP contribution in [0.25, 0.3) is 0 Å². The summed E-state index contributed by atoms with van der Waals surface area (Å²) in [7, 11) is 0. The number of likely N-dealkylation sites (tertiary alicyclic amines) is 1. The summed E-state index contributed by atoms with van der Waals surface area (Å²) < 4.78 is 0. The van der Waals surface area contributed by atoms with Crippen molar-refractivity contribution in [2.45, 2.75) is 84.2 Å². The van der Waals surface area contributed by atoms with Gasteiger partial charge < -0.3 is 5.32 Å². The van der Waals surface area contributed by atoms with Gasteiger partial charge in [-0.25, -0.2) is 0 Å². The van der Waals surface area contributed by atoms with E-state index >= 15 is 0 Å². The molecule has 0 radical (unpaired) electrons. The van der Waals surface area contributed by atoms with Crippen LogP contribution in [0.2, 0.25) is 0 Å². The van der Waals surface area contributed by atoms with Gasteiger partial charge in [0.05, 0.1) is 0 Å². The van der Waals surface area contributed by atoms with Crippen molar-refractivity contribution in [3.8, 4) is 0 Å². The molecule has 118 valence electrons. The summed E-state index contributed by atoms with van der Waals surface area (Å²) >= 11 is 0. The van der Waals surface area contributed by atoms with Crippen LogP contribution in [0.1, 0.15) is 72.1 Å². The predicted octanol–water partition coefficient (Wildman–Crippen LogP) is 4.06. The minimum absolute atomic E-state index is 0.748. The third-order valence-electron chi connectivity index (χ3n) is 5.66. The fraction of sp³-hybridized carbons (Fsp3) is 1.00. The molecule has 0 spiro atoms. The Bertz CT molecular complexity index is 264. The zero-order chi connectivity index (χ0) is 14.4. The number of hydrogen-bond acceptors (Lipinski definition) is 2. The maximum absolute atomic E-state index is 3.78. The molecule has 2 aliphatic rings. The van der Waals surface area contributed by atoms with E-state index in [2.05, 4.69) is 31.0 Å². The summed E-state index contributed by atoms with van der Waals surface area (Å²) in [4.78, 5) is 2.85. The highest BCUT2D eigenvalue weighted by Gasteiger charge is 2.30. The quantitative estimate of drug-likeness (QED) is 0.781. The Labute approximate surface area is 126 Å². The second kappa shape index (κ2) is 8.38. The molecule has 1 aliphatic heterocycles. The van der Waals surface area contributed by atoms with Crippen LogP contribution in [0.4, 0.5) is 0 Å². The van der Waals surface area contributed by atoms with Gasteiger partial charge in [-0.3, -0.25) is 4.90 Å². The maximum atomic E-state index is 3.78. The topological polar surface area (TPSA) is 15.3 Å². The number of rotatable bonds is 4. The van der Waals surface area contributed by atoms with Gasteiger partial charge >= 0.3 is 0 Å². The van der Waals surface area contributed by atoms with E-state index in [0.29, 0.717) is 0 Å². The second-order valence-electron chi connectivity index (χ2n) is 7.34. The lowest BCUT2D eigenvalue weighted by atomic mass is 9.89. The monoisotopic (exact) mass is 280 g/mol. The van der Waals surface area contributed by atoms with E-state index in [1.165, 1.54) is 64.5 Å². The summed E-state index contributed by atoms with van der Waals surface area (Å²) in [5.41, 5.74) is 0. The molecule has 0 aromatic heterocycles. The fourth-order valence-electron chi connectivity index (χ4n) is 4.37. The molecule has 3 unspecified atom stereocenters. The molecule has 1 heterocycles.